The Labute approximate surface area is 212 Å². The number of fused-ring (bicyclic) bond motifs is 2. The van der Waals surface area contributed by atoms with Gasteiger partial charge in [0.25, 0.3) is 5.91 Å². The summed E-state index contributed by atoms with van der Waals surface area (Å²) in [6.07, 6.45) is 4.45. The standard InChI is InChI=1S/C28H36N4O4/c1-16(17(2)33)30-26(35)23-19-11-8-9-18(19)15-32(23)27(36)24(28(3,4)5)31-25(34)21-13-14-29-22-12-7-6-10-20(21)22/h6-7,10,12-14,16,18-19,23-24H,8-9,11,15H2,1-5H3,(H,30,35)(H,31,34)/t16?,18-,19-,23?,24+/m0/s1. The number of carbonyl (C=O) groups is 4. The summed E-state index contributed by atoms with van der Waals surface area (Å²) in [6.45, 7) is 9.30. The number of carbonyl (C=O) groups excluding carboxylic acids is 4. The fourth-order valence-electron chi connectivity index (χ4n) is 5.59. The topological polar surface area (TPSA) is 108 Å². The Morgan fingerprint density at radius 2 is 1.78 bits per heavy atom. The first kappa shape index (κ1) is 25.8. The third-order valence-corrected chi connectivity index (χ3v) is 7.69. The van der Waals surface area contributed by atoms with Gasteiger partial charge in [-0.05, 0) is 56.1 Å². The predicted octanol–water partition coefficient (Wildman–Crippen LogP) is 3.10. The average molecular weight is 493 g/mol. The third-order valence-electron chi connectivity index (χ3n) is 7.69. The van der Waals surface area contributed by atoms with Crippen molar-refractivity contribution in [3.05, 3.63) is 42.1 Å². The smallest absolute Gasteiger partial charge is 0.252 e. The molecule has 1 aliphatic heterocycles. The highest BCUT2D eigenvalue weighted by Gasteiger charge is 2.51. The van der Waals surface area contributed by atoms with Crippen molar-refractivity contribution in [2.45, 2.75) is 72.0 Å². The van der Waals surface area contributed by atoms with E-state index in [0.29, 0.717) is 23.0 Å². The van der Waals surface area contributed by atoms with Crippen molar-refractivity contribution >= 4 is 34.4 Å². The van der Waals surface area contributed by atoms with E-state index in [-0.39, 0.29) is 35.3 Å². The van der Waals surface area contributed by atoms with E-state index < -0.39 is 23.5 Å². The maximum atomic E-state index is 14.0. The molecule has 36 heavy (non-hydrogen) atoms. The monoisotopic (exact) mass is 492 g/mol. The molecule has 2 fully saturated rings. The number of hydrogen-bond donors (Lipinski definition) is 2. The molecule has 1 aromatic carbocycles. The third kappa shape index (κ3) is 4.99. The van der Waals surface area contributed by atoms with Crippen LogP contribution in [0.4, 0.5) is 0 Å². The quantitative estimate of drug-likeness (QED) is 0.644. The maximum absolute atomic E-state index is 14.0. The molecule has 2 aliphatic rings. The summed E-state index contributed by atoms with van der Waals surface area (Å²) in [7, 11) is 0. The molecule has 8 nitrogen and oxygen atoms in total. The largest absolute Gasteiger partial charge is 0.345 e. The zero-order valence-electron chi connectivity index (χ0n) is 21.7. The van der Waals surface area contributed by atoms with Gasteiger partial charge in [0.15, 0.2) is 5.78 Å². The fraction of sp³-hybridized carbons (Fsp3) is 0.536. The van der Waals surface area contributed by atoms with Gasteiger partial charge in [-0.15, -0.1) is 0 Å². The molecule has 1 saturated carbocycles. The van der Waals surface area contributed by atoms with Crippen LogP contribution in [0.1, 0.15) is 64.2 Å². The molecule has 5 atom stereocenters. The summed E-state index contributed by atoms with van der Waals surface area (Å²) in [5.74, 6) is -0.732. The van der Waals surface area contributed by atoms with Gasteiger partial charge in [0.2, 0.25) is 11.8 Å². The molecule has 3 amide bonds. The minimum atomic E-state index is -0.837. The van der Waals surface area contributed by atoms with Crippen LogP contribution in [0.2, 0.25) is 0 Å². The van der Waals surface area contributed by atoms with Crippen LogP contribution in [0.3, 0.4) is 0 Å². The molecule has 2 N–H and O–H groups in total. The lowest BCUT2D eigenvalue weighted by atomic mass is 9.85. The Hall–Kier alpha value is -3.29. The van der Waals surface area contributed by atoms with Gasteiger partial charge in [-0.3, -0.25) is 24.2 Å². The van der Waals surface area contributed by atoms with Crippen LogP contribution in [0.25, 0.3) is 10.9 Å². The molecule has 0 spiro atoms. The van der Waals surface area contributed by atoms with Crippen molar-refractivity contribution in [3.63, 3.8) is 0 Å². The molecule has 8 heteroatoms. The van der Waals surface area contributed by atoms with Crippen molar-refractivity contribution in [2.75, 3.05) is 6.54 Å². The van der Waals surface area contributed by atoms with E-state index >= 15 is 0 Å². The summed E-state index contributed by atoms with van der Waals surface area (Å²) in [5.41, 5.74) is 0.555. The summed E-state index contributed by atoms with van der Waals surface area (Å²) < 4.78 is 0. The molecule has 2 unspecified atom stereocenters. The first-order valence-corrected chi connectivity index (χ1v) is 12.7. The molecule has 4 rings (SSSR count). The highest BCUT2D eigenvalue weighted by atomic mass is 16.2. The van der Waals surface area contributed by atoms with Crippen LogP contribution >= 0.6 is 0 Å². The van der Waals surface area contributed by atoms with E-state index in [1.54, 1.807) is 24.1 Å². The average Bonchev–Trinajstić information content (AvgIpc) is 3.42. The molecule has 192 valence electrons. The predicted molar refractivity (Wildman–Crippen MR) is 137 cm³/mol. The second-order valence-electron chi connectivity index (χ2n) is 11.3. The molecule has 1 aromatic heterocycles. The van der Waals surface area contributed by atoms with E-state index in [9.17, 15) is 19.2 Å². The second kappa shape index (κ2) is 9.99. The summed E-state index contributed by atoms with van der Waals surface area (Å²) in [5, 5.41) is 6.50. The normalized spacial score (nSPS) is 23.1. The number of aromatic nitrogens is 1. The zero-order chi connectivity index (χ0) is 26.2. The first-order chi connectivity index (χ1) is 17.0. The number of Topliss-reactive ketones (excluding diaryl/α,β-unsaturated/α-hetero) is 1. The van der Waals surface area contributed by atoms with E-state index in [0.717, 1.165) is 19.3 Å². The van der Waals surface area contributed by atoms with Crippen LogP contribution in [0.15, 0.2) is 36.5 Å². The number of likely N-dealkylation sites (tertiary alicyclic amines) is 1. The number of amides is 3. The molecule has 1 aliphatic carbocycles. The Morgan fingerprint density at radius 1 is 1.06 bits per heavy atom. The van der Waals surface area contributed by atoms with E-state index in [2.05, 4.69) is 15.6 Å². The van der Waals surface area contributed by atoms with Crippen molar-refractivity contribution in [1.29, 1.82) is 0 Å². The van der Waals surface area contributed by atoms with Crippen LogP contribution in [0.5, 0.6) is 0 Å². The zero-order valence-corrected chi connectivity index (χ0v) is 21.7. The molecule has 0 radical (unpaired) electrons. The number of hydrogen-bond acceptors (Lipinski definition) is 5. The molecular formula is C28H36N4O4. The SMILES string of the molecule is CC(=O)C(C)NC(=O)C1[C@H]2CCC[C@H]2CN1C(=O)[C@@H](NC(=O)c1ccnc2ccccc12)C(C)(C)C. The van der Waals surface area contributed by atoms with Gasteiger partial charge in [0.05, 0.1) is 17.1 Å². The molecule has 0 bridgehead atoms. The van der Waals surface area contributed by atoms with Crippen molar-refractivity contribution in [3.8, 4) is 0 Å². The van der Waals surface area contributed by atoms with E-state index in [1.165, 1.54) is 6.92 Å². The minimum absolute atomic E-state index is 0.0635. The summed E-state index contributed by atoms with van der Waals surface area (Å²) in [6, 6.07) is 6.94. The summed E-state index contributed by atoms with van der Waals surface area (Å²) in [4.78, 5) is 58.6. The highest BCUT2D eigenvalue weighted by Crippen LogP contribution is 2.43. The van der Waals surface area contributed by atoms with Crippen molar-refractivity contribution in [1.82, 2.24) is 20.5 Å². The molecule has 2 aromatic rings. The Balaban J connectivity index is 1.62. The lowest BCUT2D eigenvalue weighted by Crippen LogP contribution is -2.59. The number of benzene rings is 1. The lowest BCUT2D eigenvalue weighted by molar-refractivity contribution is -0.143. The lowest BCUT2D eigenvalue weighted by Gasteiger charge is -2.36. The number of ketones is 1. The second-order valence-corrected chi connectivity index (χ2v) is 11.3. The van der Waals surface area contributed by atoms with Gasteiger partial charge >= 0.3 is 0 Å². The molecular weight excluding hydrogens is 456 g/mol. The number of rotatable bonds is 6. The number of pyridine rings is 1. The molecule has 2 heterocycles. The maximum Gasteiger partial charge on any atom is 0.252 e. The van der Waals surface area contributed by atoms with Crippen LogP contribution < -0.4 is 10.6 Å². The van der Waals surface area contributed by atoms with Crippen LogP contribution in [-0.2, 0) is 14.4 Å². The van der Waals surface area contributed by atoms with Gasteiger partial charge in [-0.1, -0.05) is 45.4 Å². The van der Waals surface area contributed by atoms with Gasteiger partial charge in [-0.25, -0.2) is 0 Å². The summed E-state index contributed by atoms with van der Waals surface area (Å²) >= 11 is 0. The Bertz CT molecular complexity index is 1180. The fourth-order valence-corrected chi connectivity index (χ4v) is 5.59. The van der Waals surface area contributed by atoms with E-state index in [4.69, 9.17) is 0 Å². The van der Waals surface area contributed by atoms with Gasteiger partial charge in [0.1, 0.15) is 12.1 Å². The Morgan fingerprint density at radius 3 is 2.47 bits per heavy atom. The molecule has 1 saturated heterocycles. The van der Waals surface area contributed by atoms with Crippen LogP contribution in [-0.4, -0.2) is 58.1 Å². The van der Waals surface area contributed by atoms with Crippen molar-refractivity contribution in [2.24, 2.45) is 17.3 Å². The first-order valence-electron chi connectivity index (χ1n) is 12.7. The minimum Gasteiger partial charge on any atom is -0.345 e. The van der Waals surface area contributed by atoms with Gasteiger partial charge in [-0.2, -0.15) is 0 Å². The van der Waals surface area contributed by atoms with Crippen molar-refractivity contribution < 1.29 is 19.2 Å². The number of nitrogens with one attached hydrogen (secondary N) is 2. The van der Waals surface area contributed by atoms with Gasteiger partial charge in [0, 0.05) is 18.1 Å². The Kier molecular flexibility index (Phi) is 7.16. The van der Waals surface area contributed by atoms with Gasteiger partial charge < -0.3 is 15.5 Å². The van der Waals surface area contributed by atoms with Crippen LogP contribution in [0, 0.1) is 17.3 Å². The number of nitrogens with zero attached hydrogens (tertiary/aromatic N) is 2. The highest BCUT2D eigenvalue weighted by molar-refractivity contribution is 6.07. The number of para-hydroxylation sites is 1. The van der Waals surface area contributed by atoms with E-state index in [1.807, 2.05) is 45.0 Å².